The van der Waals surface area contributed by atoms with Crippen LogP contribution in [0.1, 0.15) is 24.1 Å². The number of benzene rings is 2. The van der Waals surface area contributed by atoms with Gasteiger partial charge in [-0.1, -0.05) is 18.2 Å². The van der Waals surface area contributed by atoms with Gasteiger partial charge in [-0.05, 0) is 18.2 Å². The molecule has 0 spiro atoms. The summed E-state index contributed by atoms with van der Waals surface area (Å²) in [6.07, 6.45) is 3.93. The molecule has 0 unspecified atom stereocenters. The van der Waals surface area contributed by atoms with E-state index in [1.165, 1.54) is 29.6 Å². The van der Waals surface area contributed by atoms with Crippen molar-refractivity contribution in [1.82, 2.24) is 29.8 Å². The van der Waals surface area contributed by atoms with Crippen LogP contribution in [-0.2, 0) is 12.1 Å². The van der Waals surface area contributed by atoms with Crippen LogP contribution in [0.5, 0.6) is 0 Å². The highest BCUT2D eigenvalue weighted by Crippen LogP contribution is 2.39. The van der Waals surface area contributed by atoms with E-state index in [-0.39, 0.29) is 23.5 Å². The van der Waals surface area contributed by atoms with Crippen molar-refractivity contribution >= 4 is 0 Å². The van der Waals surface area contributed by atoms with Crippen molar-refractivity contribution in [2.75, 3.05) is 0 Å². The molecule has 7 nitrogen and oxygen atoms in total. The second kappa shape index (κ2) is 7.91. The van der Waals surface area contributed by atoms with Gasteiger partial charge in [-0.25, -0.2) is 31.9 Å². The topological polar surface area (TPSA) is 81.6 Å². The van der Waals surface area contributed by atoms with Gasteiger partial charge >= 0.3 is 0 Å². The molecule has 11 heteroatoms. The molecule has 1 N–H and O–H groups in total. The van der Waals surface area contributed by atoms with Gasteiger partial charge in [0.2, 0.25) is 0 Å². The molecule has 2 heterocycles. The van der Waals surface area contributed by atoms with Gasteiger partial charge in [-0.2, -0.15) is 5.10 Å². The Hall–Kier alpha value is -3.60. The van der Waals surface area contributed by atoms with E-state index in [0.717, 1.165) is 22.9 Å². The molecule has 4 aromatic rings. The minimum Gasteiger partial charge on any atom is -0.382 e. The maximum Gasteiger partial charge on any atom is 0.151 e. The van der Waals surface area contributed by atoms with Gasteiger partial charge in [-0.3, -0.25) is 0 Å². The molecular weight excluding hydrogens is 416 g/mol. The summed E-state index contributed by atoms with van der Waals surface area (Å²) in [6.45, 7) is 1.34. The van der Waals surface area contributed by atoms with E-state index in [0.29, 0.717) is 12.1 Å². The molecule has 0 aliphatic heterocycles. The van der Waals surface area contributed by atoms with Crippen LogP contribution < -0.4 is 0 Å². The highest BCUT2D eigenvalue weighted by atomic mass is 19.1. The van der Waals surface area contributed by atoms with Crippen molar-refractivity contribution in [3.8, 4) is 5.69 Å². The summed E-state index contributed by atoms with van der Waals surface area (Å²) in [5.74, 6) is -4.24. The third-order valence-electron chi connectivity index (χ3n) is 5.09. The molecule has 0 fully saturated rings. The van der Waals surface area contributed by atoms with E-state index >= 15 is 0 Å². The van der Waals surface area contributed by atoms with Crippen molar-refractivity contribution in [2.24, 2.45) is 0 Å². The van der Waals surface area contributed by atoms with Crippen LogP contribution >= 0.6 is 0 Å². The number of halogens is 4. The molecule has 31 heavy (non-hydrogen) atoms. The Kier molecular flexibility index (Phi) is 5.27. The van der Waals surface area contributed by atoms with Gasteiger partial charge in [0.05, 0.1) is 18.4 Å². The van der Waals surface area contributed by atoms with Crippen molar-refractivity contribution in [3.05, 3.63) is 89.8 Å². The molecule has 160 valence electrons. The Bertz CT molecular complexity index is 1210. The summed E-state index contributed by atoms with van der Waals surface area (Å²) in [7, 11) is 0. The number of aliphatic hydroxyl groups is 1. The van der Waals surface area contributed by atoms with E-state index in [2.05, 4.69) is 20.4 Å². The van der Waals surface area contributed by atoms with E-state index in [4.69, 9.17) is 0 Å². The first-order valence-corrected chi connectivity index (χ1v) is 9.16. The zero-order chi connectivity index (χ0) is 22.2. The average Bonchev–Trinajstić information content (AvgIpc) is 3.39. The van der Waals surface area contributed by atoms with Crippen LogP contribution in [0.3, 0.4) is 0 Å². The summed E-state index contributed by atoms with van der Waals surface area (Å²) in [5, 5.41) is 23.3. The summed E-state index contributed by atoms with van der Waals surface area (Å²) >= 11 is 0. The molecule has 0 saturated heterocycles. The molecular formula is C20H16F4N6O. The maximum absolute atomic E-state index is 14.6. The molecule has 0 radical (unpaired) electrons. The van der Waals surface area contributed by atoms with Gasteiger partial charge in [-0.15, -0.1) is 5.10 Å². The minimum atomic E-state index is -1.94. The lowest BCUT2D eigenvalue weighted by molar-refractivity contribution is -0.0123. The minimum absolute atomic E-state index is 0.0554. The van der Waals surface area contributed by atoms with Crippen LogP contribution in [0.15, 0.2) is 55.2 Å². The zero-order valence-electron chi connectivity index (χ0n) is 16.1. The normalized spacial score (nSPS) is 14.4. The lowest BCUT2D eigenvalue weighted by Crippen LogP contribution is -2.38. The van der Waals surface area contributed by atoms with Gasteiger partial charge in [0.25, 0.3) is 0 Å². The molecule has 0 aliphatic rings. The molecule has 2 aromatic carbocycles. The Balaban J connectivity index is 1.76. The van der Waals surface area contributed by atoms with Crippen molar-refractivity contribution in [3.63, 3.8) is 0 Å². The molecule has 4 rings (SSSR count). The van der Waals surface area contributed by atoms with Crippen LogP contribution in [0.2, 0.25) is 0 Å². The number of hydrogen-bond donors (Lipinski definition) is 1. The largest absolute Gasteiger partial charge is 0.382 e. The van der Waals surface area contributed by atoms with Gasteiger partial charge in [0.15, 0.2) is 5.82 Å². The SMILES string of the molecule is C[C@@H](c1cn(-c2ccc(F)cc2F)nn1)[C@](O)(Cn1cncn1)c1ccc(F)cc1F. The predicted molar refractivity (Wildman–Crippen MR) is 100.0 cm³/mol. The van der Waals surface area contributed by atoms with E-state index in [9.17, 15) is 22.7 Å². The second-order valence-corrected chi connectivity index (χ2v) is 7.05. The first-order valence-electron chi connectivity index (χ1n) is 9.16. The van der Waals surface area contributed by atoms with E-state index in [1.54, 1.807) is 6.92 Å². The number of rotatable bonds is 6. The molecule has 2 atom stereocenters. The second-order valence-electron chi connectivity index (χ2n) is 7.05. The molecule has 0 aliphatic carbocycles. The Morgan fingerprint density at radius 3 is 2.39 bits per heavy atom. The predicted octanol–water partition coefficient (Wildman–Crippen LogP) is 3.11. The lowest BCUT2D eigenvalue weighted by atomic mass is 9.80. The Morgan fingerprint density at radius 2 is 1.74 bits per heavy atom. The molecule has 0 bridgehead atoms. The van der Waals surface area contributed by atoms with E-state index in [1.807, 2.05) is 0 Å². The fourth-order valence-corrected chi connectivity index (χ4v) is 3.36. The highest BCUT2D eigenvalue weighted by Gasteiger charge is 2.41. The summed E-state index contributed by atoms with van der Waals surface area (Å²) in [6, 6.07) is 5.80. The standard InChI is InChI=1S/C20H16F4N6O/c1-12(18-8-30(28-27-18)19-5-3-14(22)7-17(19)24)20(31,9-29-11-25-10-26-29)15-4-2-13(21)6-16(15)23/h2-8,10-12,31H,9H2,1H3/t12-,20+/m0/s1. The summed E-state index contributed by atoms with van der Waals surface area (Å²) < 4.78 is 57.8. The molecule has 0 saturated carbocycles. The monoisotopic (exact) mass is 432 g/mol. The van der Waals surface area contributed by atoms with Crippen molar-refractivity contribution in [2.45, 2.75) is 25.0 Å². The maximum atomic E-state index is 14.6. The van der Waals surface area contributed by atoms with Gasteiger partial charge in [0.1, 0.15) is 41.4 Å². The summed E-state index contributed by atoms with van der Waals surface area (Å²) in [5.41, 5.74) is -1.98. The third kappa shape index (κ3) is 3.91. The number of aromatic nitrogens is 6. The van der Waals surface area contributed by atoms with Crippen molar-refractivity contribution in [1.29, 1.82) is 0 Å². The summed E-state index contributed by atoms with van der Waals surface area (Å²) in [4.78, 5) is 3.81. The van der Waals surface area contributed by atoms with Crippen LogP contribution in [0.4, 0.5) is 17.6 Å². The fourth-order valence-electron chi connectivity index (χ4n) is 3.36. The van der Waals surface area contributed by atoms with Gasteiger partial charge in [0, 0.05) is 23.6 Å². The molecule has 0 amide bonds. The Labute approximate surface area is 173 Å². The third-order valence-corrected chi connectivity index (χ3v) is 5.09. The van der Waals surface area contributed by atoms with Crippen LogP contribution in [-0.4, -0.2) is 34.9 Å². The average molecular weight is 432 g/mol. The Morgan fingerprint density at radius 1 is 1.03 bits per heavy atom. The van der Waals surface area contributed by atoms with E-state index < -0.39 is 34.8 Å². The number of nitrogens with zero attached hydrogens (tertiary/aromatic N) is 6. The molecule has 2 aromatic heterocycles. The zero-order valence-corrected chi connectivity index (χ0v) is 16.1. The first kappa shape index (κ1) is 20.7. The van der Waals surface area contributed by atoms with Crippen LogP contribution in [0.25, 0.3) is 5.69 Å². The smallest absolute Gasteiger partial charge is 0.151 e. The first-order chi connectivity index (χ1) is 14.8. The van der Waals surface area contributed by atoms with Crippen LogP contribution in [0, 0.1) is 23.3 Å². The fraction of sp³-hybridized carbons (Fsp3) is 0.200. The highest BCUT2D eigenvalue weighted by molar-refractivity contribution is 5.34. The van der Waals surface area contributed by atoms with Gasteiger partial charge < -0.3 is 5.11 Å². The lowest BCUT2D eigenvalue weighted by Gasteiger charge is -2.33. The quantitative estimate of drug-likeness (QED) is 0.474. The number of hydrogen-bond acceptors (Lipinski definition) is 5. The van der Waals surface area contributed by atoms with Crippen molar-refractivity contribution < 1.29 is 22.7 Å².